The summed E-state index contributed by atoms with van der Waals surface area (Å²) in [4.78, 5) is 22.9. The summed E-state index contributed by atoms with van der Waals surface area (Å²) in [6, 6.07) is 10.0. The smallest absolute Gasteiger partial charge is 0.310 e. The van der Waals surface area contributed by atoms with Crippen molar-refractivity contribution in [1.82, 2.24) is 22.8 Å². The molecule has 0 amide bonds. The third-order valence-corrected chi connectivity index (χ3v) is 14.5. The maximum atomic E-state index is 13.5. The standard InChI is InChI=1S/C28H41N5O5SSi/c1-28(2,3)40(7,8)38-17-21-14-22-26(32(18-29-22)15-20-12-10-9-11-13-20)25(24(21)27(34)37-6)23-16-33(19-30-23)39(35,36)31(4)5/h9-13,16,18-19,21,24-25H,14-15,17H2,1-8H3/t21-,24-,25+/m1/s1. The number of ether oxygens (including phenoxy) is 1. The van der Waals surface area contributed by atoms with Gasteiger partial charge in [0.25, 0.3) is 0 Å². The highest BCUT2D eigenvalue weighted by Gasteiger charge is 2.48. The number of hydrogen-bond donors (Lipinski definition) is 0. The number of carbonyl (C=O) groups is 1. The lowest BCUT2D eigenvalue weighted by atomic mass is 9.71. The number of imidazole rings is 2. The molecule has 0 spiro atoms. The van der Waals surface area contributed by atoms with Crippen molar-refractivity contribution in [2.24, 2.45) is 11.8 Å². The Labute approximate surface area is 238 Å². The molecule has 0 aliphatic heterocycles. The molecule has 2 aromatic heterocycles. The summed E-state index contributed by atoms with van der Waals surface area (Å²) in [6.07, 6.45) is 5.12. The van der Waals surface area contributed by atoms with Crippen molar-refractivity contribution in [2.75, 3.05) is 27.8 Å². The maximum absolute atomic E-state index is 13.5. The summed E-state index contributed by atoms with van der Waals surface area (Å²) < 4.78 is 42.0. The lowest BCUT2D eigenvalue weighted by Gasteiger charge is -2.40. The van der Waals surface area contributed by atoms with Gasteiger partial charge in [0.05, 0.1) is 42.4 Å². The zero-order valence-corrected chi connectivity index (χ0v) is 26.5. The lowest BCUT2D eigenvalue weighted by Crippen LogP contribution is -2.45. The molecule has 10 nitrogen and oxygen atoms in total. The van der Waals surface area contributed by atoms with Gasteiger partial charge in [-0.1, -0.05) is 51.1 Å². The van der Waals surface area contributed by atoms with Gasteiger partial charge in [0.15, 0.2) is 8.32 Å². The number of carbonyl (C=O) groups excluding carboxylic acids is 1. The highest BCUT2D eigenvalue weighted by molar-refractivity contribution is 7.87. The quantitative estimate of drug-likeness (QED) is 0.276. The number of fused-ring (bicyclic) bond motifs is 1. The summed E-state index contributed by atoms with van der Waals surface area (Å²) >= 11 is 0. The maximum Gasteiger partial charge on any atom is 0.310 e. The van der Waals surface area contributed by atoms with E-state index in [0.717, 1.165) is 25.2 Å². The Balaban J connectivity index is 1.84. The highest BCUT2D eigenvalue weighted by Crippen LogP contribution is 2.45. The van der Waals surface area contributed by atoms with E-state index >= 15 is 0 Å². The molecular weight excluding hydrogens is 546 g/mol. The van der Waals surface area contributed by atoms with Crippen LogP contribution >= 0.6 is 0 Å². The molecule has 1 aliphatic rings. The highest BCUT2D eigenvalue weighted by atomic mass is 32.2. The fourth-order valence-electron chi connectivity index (χ4n) is 4.95. The Morgan fingerprint density at radius 3 is 2.40 bits per heavy atom. The Bertz CT molecular complexity index is 1440. The minimum atomic E-state index is -3.79. The van der Waals surface area contributed by atoms with Crippen molar-refractivity contribution >= 4 is 24.5 Å². The second kappa shape index (κ2) is 11.2. The number of hydrogen-bond acceptors (Lipinski definition) is 7. The Kier molecular flexibility index (Phi) is 8.47. The van der Waals surface area contributed by atoms with Gasteiger partial charge < -0.3 is 13.7 Å². The average Bonchev–Trinajstić information content (AvgIpc) is 3.54. The summed E-state index contributed by atoms with van der Waals surface area (Å²) in [6.45, 7) is 11.8. The Morgan fingerprint density at radius 1 is 1.12 bits per heavy atom. The van der Waals surface area contributed by atoms with Crippen LogP contribution in [0.25, 0.3) is 0 Å². The number of aromatic nitrogens is 4. The van der Waals surface area contributed by atoms with Crippen LogP contribution in [0.1, 0.15) is 49.3 Å². The van der Waals surface area contributed by atoms with Gasteiger partial charge in [-0.05, 0) is 30.1 Å². The van der Waals surface area contributed by atoms with E-state index in [-0.39, 0.29) is 16.9 Å². The van der Waals surface area contributed by atoms with E-state index in [1.807, 2.05) is 34.9 Å². The molecule has 3 aromatic rings. The first-order valence-corrected chi connectivity index (χ1v) is 17.7. The van der Waals surface area contributed by atoms with Crippen molar-refractivity contribution in [3.63, 3.8) is 0 Å². The number of nitrogens with zero attached hydrogens (tertiary/aromatic N) is 5. The largest absolute Gasteiger partial charge is 0.469 e. The first kappa shape index (κ1) is 30.2. The van der Waals surface area contributed by atoms with Crippen LogP contribution in [0.5, 0.6) is 0 Å². The molecule has 0 saturated heterocycles. The number of methoxy groups -OCH3 is 1. The van der Waals surface area contributed by atoms with Crippen LogP contribution in [-0.2, 0) is 37.1 Å². The number of rotatable bonds is 9. The molecule has 3 atom stereocenters. The van der Waals surface area contributed by atoms with Crippen LogP contribution in [-0.4, -0.2) is 73.3 Å². The normalized spacial score (nSPS) is 20.0. The van der Waals surface area contributed by atoms with Crippen molar-refractivity contribution in [3.8, 4) is 0 Å². The van der Waals surface area contributed by atoms with Crippen molar-refractivity contribution < 1.29 is 22.4 Å². The van der Waals surface area contributed by atoms with E-state index in [1.54, 1.807) is 6.33 Å². The molecule has 0 bridgehead atoms. The monoisotopic (exact) mass is 587 g/mol. The van der Waals surface area contributed by atoms with E-state index in [4.69, 9.17) is 14.1 Å². The van der Waals surface area contributed by atoms with Gasteiger partial charge in [-0.3, -0.25) is 4.79 Å². The van der Waals surface area contributed by atoms with Crippen molar-refractivity contribution in [1.29, 1.82) is 0 Å². The molecular formula is C28H41N5O5SSi. The Hall–Kier alpha value is -2.80. The third kappa shape index (κ3) is 5.81. The summed E-state index contributed by atoms with van der Waals surface area (Å²) in [7, 11) is -1.59. The van der Waals surface area contributed by atoms with Crippen molar-refractivity contribution in [2.45, 2.75) is 57.8 Å². The fraction of sp³-hybridized carbons (Fsp3) is 0.536. The van der Waals surface area contributed by atoms with Crippen LogP contribution in [0.4, 0.5) is 0 Å². The molecule has 2 heterocycles. The van der Waals surface area contributed by atoms with Gasteiger partial charge >= 0.3 is 16.2 Å². The van der Waals surface area contributed by atoms with E-state index < -0.39 is 30.4 Å². The van der Waals surface area contributed by atoms with E-state index in [0.29, 0.717) is 25.3 Å². The van der Waals surface area contributed by atoms with Crippen LogP contribution in [0, 0.1) is 11.8 Å². The predicted octanol–water partition coefficient (Wildman–Crippen LogP) is 3.90. The van der Waals surface area contributed by atoms with Crippen LogP contribution in [0.2, 0.25) is 18.1 Å². The zero-order valence-electron chi connectivity index (χ0n) is 24.7. The van der Waals surface area contributed by atoms with Gasteiger partial charge in [-0.15, -0.1) is 0 Å². The molecule has 12 heteroatoms. The molecule has 0 N–H and O–H groups in total. The lowest BCUT2D eigenvalue weighted by molar-refractivity contribution is -0.149. The molecule has 40 heavy (non-hydrogen) atoms. The summed E-state index contributed by atoms with van der Waals surface area (Å²) in [5, 5.41) is 0.00354. The third-order valence-electron chi connectivity index (χ3n) is 8.34. The van der Waals surface area contributed by atoms with Gasteiger partial charge in [-0.25, -0.2) is 13.9 Å². The van der Waals surface area contributed by atoms with Crippen LogP contribution < -0.4 is 0 Å². The molecule has 0 unspecified atom stereocenters. The molecule has 0 radical (unpaired) electrons. The van der Waals surface area contributed by atoms with E-state index in [2.05, 4.69) is 38.8 Å². The minimum absolute atomic E-state index is 0.00354. The van der Waals surface area contributed by atoms with Crippen LogP contribution in [0.3, 0.4) is 0 Å². The van der Waals surface area contributed by atoms with E-state index in [1.165, 1.54) is 33.7 Å². The zero-order chi connectivity index (χ0) is 29.5. The molecule has 0 fully saturated rings. The van der Waals surface area contributed by atoms with Gasteiger partial charge in [0.2, 0.25) is 0 Å². The topological polar surface area (TPSA) is 109 Å². The second-order valence-corrected chi connectivity index (χ2v) is 19.0. The Morgan fingerprint density at radius 2 is 1.80 bits per heavy atom. The fourth-order valence-corrected chi connectivity index (χ4v) is 6.80. The first-order valence-electron chi connectivity index (χ1n) is 13.4. The minimum Gasteiger partial charge on any atom is -0.469 e. The summed E-state index contributed by atoms with van der Waals surface area (Å²) in [5.74, 6) is -1.82. The molecule has 0 saturated carbocycles. The molecule has 218 valence electrons. The molecule has 1 aliphatic carbocycles. The average molecular weight is 588 g/mol. The second-order valence-electron chi connectivity index (χ2n) is 12.2. The number of benzene rings is 1. The predicted molar refractivity (Wildman–Crippen MR) is 156 cm³/mol. The van der Waals surface area contributed by atoms with Gasteiger partial charge in [0.1, 0.15) is 6.33 Å². The van der Waals surface area contributed by atoms with Crippen LogP contribution in [0.15, 0.2) is 49.2 Å². The van der Waals surface area contributed by atoms with E-state index in [9.17, 15) is 13.2 Å². The SMILES string of the molecule is COC(=O)[C@@H]1[C@@H](CO[Si](C)(C)C(C)(C)C)Cc2ncn(Cc3ccccc3)c2[C@H]1c1cn(S(=O)(=O)N(C)C)cn1. The molecule has 1 aromatic carbocycles. The van der Waals surface area contributed by atoms with Crippen molar-refractivity contribution in [3.05, 3.63) is 71.8 Å². The van der Waals surface area contributed by atoms with Gasteiger partial charge in [-0.2, -0.15) is 12.7 Å². The molecule has 4 rings (SSSR count). The summed E-state index contributed by atoms with van der Waals surface area (Å²) in [5.41, 5.74) is 3.25. The first-order chi connectivity index (χ1) is 18.7. The number of esters is 1. The van der Waals surface area contributed by atoms with Gasteiger partial charge in [0, 0.05) is 39.4 Å².